The van der Waals surface area contributed by atoms with Gasteiger partial charge in [-0.05, 0) is 43.0 Å². The third kappa shape index (κ3) is 2.43. The molecule has 1 atom stereocenters. The highest BCUT2D eigenvalue weighted by molar-refractivity contribution is 5.63. The molecule has 4 N–H and O–H groups in total. The van der Waals surface area contributed by atoms with Gasteiger partial charge in [0.2, 0.25) is 5.95 Å². The van der Waals surface area contributed by atoms with Gasteiger partial charge in [-0.15, -0.1) is 0 Å². The number of hydrogen-bond acceptors (Lipinski definition) is 6. The first-order chi connectivity index (χ1) is 12.2. The van der Waals surface area contributed by atoms with Crippen molar-refractivity contribution in [3.05, 3.63) is 41.0 Å². The number of nitrogens with two attached hydrogens (primary N) is 2. The Morgan fingerprint density at radius 2 is 1.64 bits per heavy atom. The molecule has 2 aromatic rings. The molecule has 0 aliphatic carbocycles. The molecule has 0 amide bonds. The molecule has 4 aliphatic heterocycles. The monoisotopic (exact) mass is 336 g/mol. The van der Waals surface area contributed by atoms with Crippen molar-refractivity contribution < 1.29 is 0 Å². The molecule has 130 valence electrons. The number of hydrogen-bond donors (Lipinski definition) is 2. The lowest BCUT2D eigenvalue weighted by Gasteiger charge is -2.45. The zero-order valence-corrected chi connectivity index (χ0v) is 14.4. The summed E-state index contributed by atoms with van der Waals surface area (Å²) in [6, 6.07) is 8.58. The van der Waals surface area contributed by atoms with Crippen molar-refractivity contribution in [1.82, 2.24) is 14.9 Å². The average Bonchev–Trinajstić information content (AvgIpc) is 3.06. The summed E-state index contributed by atoms with van der Waals surface area (Å²) in [6.07, 6.45) is 2.49. The van der Waals surface area contributed by atoms with E-state index in [4.69, 9.17) is 11.5 Å². The standard InChI is InChI=1S/C19H24N6/c20-17-16(15-11-24-7-5-12(15)6-8-24)18(23-19(21)22-17)25-9-13-3-1-2-4-14(13)10-25/h1-4,12,15H,5-11H2,(H4,20,21,22,23). The summed E-state index contributed by atoms with van der Waals surface area (Å²) in [5.41, 5.74) is 16.2. The van der Waals surface area contributed by atoms with Crippen molar-refractivity contribution in [2.24, 2.45) is 5.92 Å². The van der Waals surface area contributed by atoms with E-state index in [9.17, 15) is 0 Å². The molecule has 25 heavy (non-hydrogen) atoms. The maximum atomic E-state index is 6.38. The molecule has 3 saturated heterocycles. The van der Waals surface area contributed by atoms with Crippen molar-refractivity contribution in [1.29, 1.82) is 0 Å². The van der Waals surface area contributed by atoms with Crippen LogP contribution < -0.4 is 16.4 Å². The minimum absolute atomic E-state index is 0.272. The van der Waals surface area contributed by atoms with Gasteiger partial charge in [-0.3, -0.25) is 0 Å². The molecule has 1 unspecified atom stereocenters. The predicted molar refractivity (Wildman–Crippen MR) is 99.1 cm³/mol. The molecule has 1 aromatic heterocycles. The van der Waals surface area contributed by atoms with Crippen LogP contribution in [-0.2, 0) is 13.1 Å². The van der Waals surface area contributed by atoms with Gasteiger partial charge in [0, 0.05) is 31.1 Å². The van der Waals surface area contributed by atoms with Gasteiger partial charge < -0.3 is 21.3 Å². The van der Waals surface area contributed by atoms with Crippen LogP contribution in [0.4, 0.5) is 17.6 Å². The van der Waals surface area contributed by atoms with E-state index in [2.05, 4.69) is 44.0 Å². The molecule has 0 saturated carbocycles. The lowest BCUT2D eigenvalue weighted by molar-refractivity contribution is 0.0873. The summed E-state index contributed by atoms with van der Waals surface area (Å²) < 4.78 is 0. The van der Waals surface area contributed by atoms with E-state index in [1.165, 1.54) is 37.1 Å². The normalized spacial score (nSPS) is 27.5. The highest BCUT2D eigenvalue weighted by Gasteiger charge is 2.39. The van der Waals surface area contributed by atoms with Crippen molar-refractivity contribution in [3.63, 3.8) is 0 Å². The van der Waals surface area contributed by atoms with Gasteiger partial charge in [-0.2, -0.15) is 9.97 Å². The van der Waals surface area contributed by atoms with Crippen molar-refractivity contribution >= 4 is 17.6 Å². The number of piperidine rings is 3. The molecular formula is C19H24N6. The highest BCUT2D eigenvalue weighted by atomic mass is 15.2. The molecule has 5 heterocycles. The van der Waals surface area contributed by atoms with Crippen LogP contribution >= 0.6 is 0 Å². The van der Waals surface area contributed by atoms with Crippen molar-refractivity contribution in [2.45, 2.75) is 31.8 Å². The van der Waals surface area contributed by atoms with Gasteiger partial charge in [0.25, 0.3) is 0 Å². The van der Waals surface area contributed by atoms with Crippen LogP contribution in [0.3, 0.4) is 0 Å². The SMILES string of the molecule is Nc1nc(N)c(C2CN3CCC2CC3)c(N2Cc3ccccc3C2)n1. The first kappa shape index (κ1) is 15.0. The van der Waals surface area contributed by atoms with Crippen LogP contribution in [0, 0.1) is 5.92 Å². The number of benzene rings is 1. The zero-order valence-electron chi connectivity index (χ0n) is 14.4. The fraction of sp³-hybridized carbons (Fsp3) is 0.474. The molecule has 6 heteroatoms. The van der Waals surface area contributed by atoms with Crippen LogP contribution in [-0.4, -0.2) is 34.5 Å². The van der Waals surface area contributed by atoms with Gasteiger partial charge in [0.05, 0.1) is 0 Å². The number of anilines is 3. The summed E-state index contributed by atoms with van der Waals surface area (Å²) in [5.74, 6) is 2.88. The van der Waals surface area contributed by atoms with Crippen molar-refractivity contribution in [3.8, 4) is 0 Å². The van der Waals surface area contributed by atoms with Crippen LogP contribution in [0.2, 0.25) is 0 Å². The summed E-state index contributed by atoms with van der Waals surface area (Å²) >= 11 is 0. The minimum Gasteiger partial charge on any atom is -0.383 e. The summed E-state index contributed by atoms with van der Waals surface area (Å²) in [5, 5.41) is 0. The topological polar surface area (TPSA) is 84.3 Å². The smallest absolute Gasteiger partial charge is 0.223 e. The quantitative estimate of drug-likeness (QED) is 0.872. The van der Waals surface area contributed by atoms with Crippen LogP contribution in [0.25, 0.3) is 0 Å². The zero-order chi connectivity index (χ0) is 17.0. The number of nitrogens with zero attached hydrogens (tertiary/aromatic N) is 4. The summed E-state index contributed by atoms with van der Waals surface area (Å²) in [4.78, 5) is 13.8. The number of rotatable bonds is 2. The van der Waals surface area contributed by atoms with Gasteiger partial charge in [-0.25, -0.2) is 0 Å². The predicted octanol–water partition coefficient (Wildman–Crippen LogP) is 1.97. The average molecular weight is 336 g/mol. The molecular weight excluding hydrogens is 312 g/mol. The second-order valence-corrected chi connectivity index (χ2v) is 7.57. The second kappa shape index (κ2) is 5.59. The van der Waals surface area contributed by atoms with E-state index in [0.717, 1.165) is 31.0 Å². The van der Waals surface area contributed by atoms with Gasteiger partial charge in [0.15, 0.2) is 0 Å². The van der Waals surface area contributed by atoms with E-state index in [0.29, 0.717) is 17.7 Å². The summed E-state index contributed by atoms with van der Waals surface area (Å²) in [7, 11) is 0. The Balaban J connectivity index is 1.56. The summed E-state index contributed by atoms with van der Waals surface area (Å²) in [6.45, 7) is 5.21. The van der Waals surface area contributed by atoms with E-state index in [1.807, 2.05) is 0 Å². The van der Waals surface area contributed by atoms with E-state index in [1.54, 1.807) is 0 Å². The minimum atomic E-state index is 0.272. The largest absolute Gasteiger partial charge is 0.383 e. The first-order valence-corrected chi connectivity index (χ1v) is 9.16. The Bertz CT molecular complexity index is 787. The molecule has 4 aliphatic rings. The molecule has 1 aromatic carbocycles. The van der Waals surface area contributed by atoms with Gasteiger partial charge in [-0.1, -0.05) is 24.3 Å². The number of nitrogen functional groups attached to an aromatic ring is 2. The molecule has 2 bridgehead atoms. The highest BCUT2D eigenvalue weighted by Crippen LogP contribution is 2.45. The number of fused-ring (bicyclic) bond motifs is 4. The van der Waals surface area contributed by atoms with Crippen LogP contribution in [0.5, 0.6) is 0 Å². The van der Waals surface area contributed by atoms with E-state index < -0.39 is 0 Å². The lowest BCUT2D eigenvalue weighted by Crippen LogP contribution is -2.46. The first-order valence-electron chi connectivity index (χ1n) is 9.16. The lowest BCUT2D eigenvalue weighted by atomic mass is 9.75. The molecule has 6 nitrogen and oxygen atoms in total. The molecule has 6 rings (SSSR count). The number of aromatic nitrogens is 2. The van der Waals surface area contributed by atoms with Crippen LogP contribution in [0.1, 0.15) is 35.4 Å². The van der Waals surface area contributed by atoms with E-state index >= 15 is 0 Å². The van der Waals surface area contributed by atoms with Gasteiger partial charge in [0.1, 0.15) is 11.6 Å². The molecule has 0 radical (unpaired) electrons. The maximum absolute atomic E-state index is 6.38. The third-order valence-corrected chi connectivity index (χ3v) is 6.14. The maximum Gasteiger partial charge on any atom is 0.223 e. The second-order valence-electron chi connectivity index (χ2n) is 7.57. The Hall–Kier alpha value is -2.34. The molecule has 0 spiro atoms. The van der Waals surface area contributed by atoms with Gasteiger partial charge >= 0.3 is 0 Å². The Labute approximate surface area is 147 Å². The fourth-order valence-corrected chi connectivity index (χ4v) is 4.86. The third-order valence-electron chi connectivity index (χ3n) is 6.14. The van der Waals surface area contributed by atoms with Crippen LogP contribution in [0.15, 0.2) is 24.3 Å². The Morgan fingerprint density at radius 1 is 0.960 bits per heavy atom. The van der Waals surface area contributed by atoms with E-state index in [-0.39, 0.29) is 5.95 Å². The molecule has 3 fully saturated rings. The van der Waals surface area contributed by atoms with Crippen molar-refractivity contribution in [2.75, 3.05) is 36.0 Å². The Kier molecular flexibility index (Phi) is 3.35. The fourth-order valence-electron chi connectivity index (χ4n) is 4.86. The Morgan fingerprint density at radius 3 is 2.24 bits per heavy atom.